The molecule has 0 fully saturated rings. The first kappa shape index (κ1) is 9.90. The van der Waals surface area contributed by atoms with Crippen LogP contribution in [0.5, 0.6) is 5.75 Å². The SMILES string of the molecule is CC.Cc1cc2c(cc1N)OCC2. The number of nitrogen functional groups attached to an aromatic ring is 1. The fraction of sp³-hybridized carbons (Fsp3) is 0.455. The number of fused-ring (bicyclic) bond motifs is 1. The van der Waals surface area contributed by atoms with Crippen molar-refractivity contribution in [2.24, 2.45) is 0 Å². The summed E-state index contributed by atoms with van der Waals surface area (Å²) in [4.78, 5) is 0. The predicted molar refractivity (Wildman–Crippen MR) is 56.1 cm³/mol. The minimum Gasteiger partial charge on any atom is -0.493 e. The van der Waals surface area contributed by atoms with Gasteiger partial charge in [0.05, 0.1) is 6.61 Å². The molecule has 2 nitrogen and oxygen atoms in total. The van der Waals surface area contributed by atoms with Gasteiger partial charge in [-0.3, -0.25) is 0 Å². The second-order valence-electron chi connectivity index (χ2n) is 2.91. The molecule has 0 amide bonds. The van der Waals surface area contributed by atoms with Crippen LogP contribution in [-0.2, 0) is 6.42 Å². The van der Waals surface area contributed by atoms with Gasteiger partial charge in [0.25, 0.3) is 0 Å². The Morgan fingerprint density at radius 3 is 2.69 bits per heavy atom. The quantitative estimate of drug-likeness (QED) is 0.621. The van der Waals surface area contributed by atoms with E-state index in [1.54, 1.807) is 0 Å². The summed E-state index contributed by atoms with van der Waals surface area (Å²) in [7, 11) is 0. The lowest BCUT2D eigenvalue weighted by atomic mass is 10.1. The van der Waals surface area contributed by atoms with E-state index < -0.39 is 0 Å². The van der Waals surface area contributed by atoms with Crippen molar-refractivity contribution >= 4 is 5.69 Å². The van der Waals surface area contributed by atoms with Crippen molar-refractivity contribution in [3.8, 4) is 5.75 Å². The summed E-state index contributed by atoms with van der Waals surface area (Å²) in [5, 5.41) is 0. The fourth-order valence-electron chi connectivity index (χ4n) is 1.36. The van der Waals surface area contributed by atoms with E-state index in [9.17, 15) is 0 Å². The Kier molecular flexibility index (Phi) is 3.18. The van der Waals surface area contributed by atoms with Gasteiger partial charge in [-0.1, -0.05) is 19.9 Å². The number of nitrogens with two attached hydrogens (primary N) is 1. The van der Waals surface area contributed by atoms with Gasteiger partial charge in [-0.25, -0.2) is 0 Å². The molecule has 0 bridgehead atoms. The number of ether oxygens (including phenoxy) is 1. The van der Waals surface area contributed by atoms with Gasteiger partial charge >= 0.3 is 0 Å². The first-order valence-corrected chi connectivity index (χ1v) is 4.79. The first-order valence-electron chi connectivity index (χ1n) is 4.79. The number of hydrogen-bond donors (Lipinski definition) is 1. The molecule has 0 spiro atoms. The highest BCUT2D eigenvalue weighted by molar-refractivity contribution is 5.55. The van der Waals surface area contributed by atoms with Gasteiger partial charge in [0.15, 0.2) is 0 Å². The number of anilines is 1. The predicted octanol–water partition coefficient (Wildman–Crippen LogP) is 2.54. The molecule has 1 aliphatic heterocycles. The maximum Gasteiger partial charge on any atom is 0.124 e. The Morgan fingerprint density at radius 2 is 2.00 bits per heavy atom. The average Bonchev–Trinajstić information content (AvgIpc) is 2.56. The van der Waals surface area contributed by atoms with Crippen molar-refractivity contribution in [1.29, 1.82) is 0 Å². The minimum atomic E-state index is 0.804. The smallest absolute Gasteiger partial charge is 0.124 e. The van der Waals surface area contributed by atoms with Gasteiger partial charge in [0.1, 0.15) is 5.75 Å². The molecule has 2 N–H and O–H groups in total. The summed E-state index contributed by atoms with van der Waals surface area (Å²) in [6.45, 7) is 6.83. The highest BCUT2D eigenvalue weighted by atomic mass is 16.5. The summed E-state index contributed by atoms with van der Waals surface area (Å²) < 4.78 is 5.35. The molecule has 1 aromatic rings. The van der Waals surface area contributed by atoms with Gasteiger partial charge in [0, 0.05) is 18.2 Å². The molecule has 2 rings (SSSR count). The van der Waals surface area contributed by atoms with E-state index in [0.717, 1.165) is 30.0 Å². The van der Waals surface area contributed by atoms with Gasteiger partial charge in [-0.05, 0) is 18.1 Å². The van der Waals surface area contributed by atoms with Crippen LogP contribution < -0.4 is 10.5 Å². The van der Waals surface area contributed by atoms with Crippen LogP contribution in [0.25, 0.3) is 0 Å². The van der Waals surface area contributed by atoms with Crippen molar-refractivity contribution in [2.45, 2.75) is 27.2 Å². The molecule has 0 atom stereocenters. The maximum absolute atomic E-state index is 5.71. The van der Waals surface area contributed by atoms with E-state index in [-0.39, 0.29) is 0 Å². The Hall–Kier alpha value is -1.18. The molecule has 0 aliphatic carbocycles. The van der Waals surface area contributed by atoms with Crippen LogP contribution in [0.4, 0.5) is 5.69 Å². The highest BCUT2D eigenvalue weighted by Gasteiger charge is 2.12. The van der Waals surface area contributed by atoms with E-state index >= 15 is 0 Å². The third-order valence-corrected chi connectivity index (χ3v) is 2.08. The lowest BCUT2D eigenvalue weighted by Crippen LogP contribution is -1.90. The maximum atomic E-state index is 5.71. The third-order valence-electron chi connectivity index (χ3n) is 2.08. The summed E-state index contributed by atoms with van der Waals surface area (Å²) in [6.07, 6.45) is 1.02. The standard InChI is InChI=1S/C9H11NO.C2H6/c1-6-4-7-2-3-11-9(7)5-8(6)10;1-2/h4-5H,2-3,10H2,1H3;1-2H3. The lowest BCUT2D eigenvalue weighted by Gasteiger charge is -2.02. The largest absolute Gasteiger partial charge is 0.493 e. The molecule has 0 unspecified atom stereocenters. The molecule has 1 aromatic carbocycles. The van der Waals surface area contributed by atoms with Crippen LogP contribution >= 0.6 is 0 Å². The molecule has 0 aromatic heterocycles. The monoisotopic (exact) mass is 179 g/mol. The van der Waals surface area contributed by atoms with Crippen LogP contribution in [0.15, 0.2) is 12.1 Å². The Labute approximate surface area is 79.7 Å². The van der Waals surface area contributed by atoms with Crippen LogP contribution in [0.1, 0.15) is 25.0 Å². The number of aryl methyl sites for hydroxylation is 1. The zero-order chi connectivity index (χ0) is 9.84. The zero-order valence-corrected chi connectivity index (χ0v) is 8.55. The number of hydrogen-bond acceptors (Lipinski definition) is 2. The molecule has 72 valence electrons. The van der Waals surface area contributed by atoms with E-state index in [1.807, 2.05) is 26.8 Å². The van der Waals surface area contributed by atoms with Crippen LogP contribution in [0, 0.1) is 6.92 Å². The zero-order valence-electron chi connectivity index (χ0n) is 8.55. The van der Waals surface area contributed by atoms with Crippen LogP contribution in [-0.4, -0.2) is 6.61 Å². The molecule has 13 heavy (non-hydrogen) atoms. The van der Waals surface area contributed by atoms with E-state index in [4.69, 9.17) is 10.5 Å². The molecule has 0 saturated heterocycles. The van der Waals surface area contributed by atoms with Crippen LogP contribution in [0.2, 0.25) is 0 Å². The normalized spacial score (nSPS) is 12.5. The van der Waals surface area contributed by atoms with Crippen molar-refractivity contribution in [2.75, 3.05) is 12.3 Å². The molecular formula is C11H17NO. The summed E-state index contributed by atoms with van der Waals surface area (Å²) >= 11 is 0. The van der Waals surface area contributed by atoms with E-state index in [1.165, 1.54) is 5.56 Å². The average molecular weight is 179 g/mol. The molecule has 0 saturated carbocycles. The van der Waals surface area contributed by atoms with Crippen LogP contribution in [0.3, 0.4) is 0 Å². The molecule has 0 radical (unpaired) electrons. The van der Waals surface area contributed by atoms with E-state index in [0.29, 0.717) is 0 Å². The third kappa shape index (κ3) is 1.94. The first-order chi connectivity index (χ1) is 6.27. The van der Waals surface area contributed by atoms with Gasteiger partial charge < -0.3 is 10.5 Å². The lowest BCUT2D eigenvalue weighted by molar-refractivity contribution is 0.357. The Morgan fingerprint density at radius 1 is 1.31 bits per heavy atom. The summed E-state index contributed by atoms with van der Waals surface area (Å²) in [5.74, 6) is 0.966. The second kappa shape index (κ2) is 4.17. The van der Waals surface area contributed by atoms with Crippen molar-refractivity contribution in [1.82, 2.24) is 0 Å². The van der Waals surface area contributed by atoms with Crippen molar-refractivity contribution in [3.63, 3.8) is 0 Å². The minimum absolute atomic E-state index is 0.804. The topological polar surface area (TPSA) is 35.2 Å². The highest BCUT2D eigenvalue weighted by Crippen LogP contribution is 2.29. The molecule has 2 heteroatoms. The number of benzene rings is 1. The van der Waals surface area contributed by atoms with Gasteiger partial charge in [-0.2, -0.15) is 0 Å². The van der Waals surface area contributed by atoms with Gasteiger partial charge in [-0.15, -0.1) is 0 Å². The molecular weight excluding hydrogens is 162 g/mol. The summed E-state index contributed by atoms with van der Waals surface area (Å²) in [6, 6.07) is 4.02. The number of rotatable bonds is 0. The van der Waals surface area contributed by atoms with E-state index in [2.05, 4.69) is 6.07 Å². The Bertz CT molecular complexity index is 265. The Balaban J connectivity index is 0.000000396. The second-order valence-corrected chi connectivity index (χ2v) is 2.91. The van der Waals surface area contributed by atoms with Gasteiger partial charge in [0.2, 0.25) is 0 Å². The summed E-state index contributed by atoms with van der Waals surface area (Å²) in [5.41, 5.74) is 8.97. The molecule has 1 aliphatic rings. The molecule has 1 heterocycles. The van der Waals surface area contributed by atoms with Crippen molar-refractivity contribution < 1.29 is 4.74 Å². The van der Waals surface area contributed by atoms with Crippen molar-refractivity contribution in [3.05, 3.63) is 23.3 Å². The fourth-order valence-corrected chi connectivity index (χ4v) is 1.36.